The fraction of sp³-hybridized carbons (Fsp3) is 0.368. The molecule has 0 bridgehead atoms. The van der Waals surface area contributed by atoms with E-state index in [2.05, 4.69) is 22.1 Å². The molecule has 0 atom stereocenters. The van der Waals surface area contributed by atoms with E-state index in [9.17, 15) is 14.4 Å². The molecule has 9 nitrogen and oxygen atoms in total. The molecule has 0 saturated carbocycles. The summed E-state index contributed by atoms with van der Waals surface area (Å²) in [5, 5.41) is 2.69. The van der Waals surface area contributed by atoms with Crippen molar-refractivity contribution in [1.82, 2.24) is 14.9 Å². The molecule has 0 saturated heterocycles. The minimum absolute atomic E-state index is 0.0436. The molecule has 0 unspecified atom stereocenters. The van der Waals surface area contributed by atoms with Gasteiger partial charge < -0.3 is 26.1 Å². The maximum absolute atomic E-state index is 12.7. The molecule has 0 fully saturated rings. The molecule has 28 heavy (non-hydrogen) atoms. The first-order valence-corrected chi connectivity index (χ1v) is 8.61. The molecule has 9 heteroatoms. The van der Waals surface area contributed by atoms with E-state index in [1.165, 1.54) is 7.05 Å². The van der Waals surface area contributed by atoms with Crippen molar-refractivity contribution in [3.05, 3.63) is 33.6 Å². The summed E-state index contributed by atoms with van der Waals surface area (Å²) < 4.78 is 6.93. The van der Waals surface area contributed by atoms with Gasteiger partial charge in [0.25, 0.3) is 5.91 Å². The van der Waals surface area contributed by atoms with Crippen molar-refractivity contribution in [3.63, 3.8) is 0 Å². The van der Waals surface area contributed by atoms with Crippen LogP contribution in [0.1, 0.15) is 36.8 Å². The van der Waals surface area contributed by atoms with E-state index in [4.69, 9.17) is 16.2 Å². The average Bonchev–Trinajstić information content (AvgIpc) is 2.65. The van der Waals surface area contributed by atoms with Gasteiger partial charge in [-0.1, -0.05) is 5.92 Å². The number of ether oxygens (including phenoxy) is 1. The van der Waals surface area contributed by atoms with E-state index >= 15 is 0 Å². The molecule has 148 valence electrons. The van der Waals surface area contributed by atoms with E-state index < -0.39 is 22.8 Å². The van der Waals surface area contributed by atoms with Crippen LogP contribution in [0.2, 0.25) is 0 Å². The molecular formula is C19H23N5O4. The Morgan fingerprint density at radius 3 is 2.61 bits per heavy atom. The Kier molecular flexibility index (Phi) is 6.06. The van der Waals surface area contributed by atoms with Crippen LogP contribution in [0.25, 0.3) is 11.0 Å². The first-order valence-electron chi connectivity index (χ1n) is 8.61. The van der Waals surface area contributed by atoms with Gasteiger partial charge in [0.05, 0.1) is 5.39 Å². The first kappa shape index (κ1) is 20.9. The van der Waals surface area contributed by atoms with Crippen LogP contribution in [0.4, 0.5) is 5.82 Å². The second kappa shape index (κ2) is 8.10. The third-order valence-corrected chi connectivity index (χ3v) is 3.99. The zero-order valence-corrected chi connectivity index (χ0v) is 16.3. The minimum Gasteiger partial charge on any atom is -0.384 e. The smallest absolute Gasteiger partial charge is 0.258 e. The summed E-state index contributed by atoms with van der Waals surface area (Å²) in [5.74, 6) is 4.64. The van der Waals surface area contributed by atoms with Crippen molar-refractivity contribution in [2.24, 2.45) is 5.73 Å². The highest BCUT2D eigenvalue weighted by atomic mass is 16.5. The summed E-state index contributed by atoms with van der Waals surface area (Å²) in [7, 11) is 1.43. The minimum atomic E-state index is -0.918. The van der Waals surface area contributed by atoms with Crippen LogP contribution in [-0.4, -0.2) is 40.6 Å². The predicted molar refractivity (Wildman–Crippen MR) is 106 cm³/mol. The van der Waals surface area contributed by atoms with Gasteiger partial charge in [-0.2, -0.15) is 0 Å². The lowest BCUT2D eigenvalue weighted by atomic mass is 10.1. The summed E-state index contributed by atoms with van der Waals surface area (Å²) in [6.45, 7) is 5.37. The zero-order chi connectivity index (χ0) is 21.1. The maximum atomic E-state index is 12.7. The van der Waals surface area contributed by atoms with Gasteiger partial charge in [0.15, 0.2) is 0 Å². The summed E-state index contributed by atoms with van der Waals surface area (Å²) in [5.41, 5.74) is 10.3. The number of pyridine rings is 2. The lowest BCUT2D eigenvalue weighted by molar-refractivity contribution is -0.125. The Balaban J connectivity index is 2.58. The third-order valence-electron chi connectivity index (χ3n) is 3.99. The van der Waals surface area contributed by atoms with Crippen molar-refractivity contribution in [2.75, 3.05) is 19.4 Å². The number of primary amides is 1. The van der Waals surface area contributed by atoms with Crippen molar-refractivity contribution in [1.29, 1.82) is 0 Å². The predicted octanol–water partition coefficient (Wildman–Crippen LogP) is -0.00980. The second-order valence-corrected chi connectivity index (χ2v) is 6.50. The zero-order valence-electron chi connectivity index (χ0n) is 16.3. The Morgan fingerprint density at radius 1 is 1.36 bits per heavy atom. The van der Waals surface area contributed by atoms with Crippen LogP contribution in [-0.2, 0) is 16.1 Å². The highest BCUT2D eigenvalue weighted by Gasteiger charge is 2.20. The van der Waals surface area contributed by atoms with E-state index in [0.29, 0.717) is 17.9 Å². The molecule has 2 aromatic rings. The number of nitrogens with two attached hydrogens (primary N) is 2. The Bertz CT molecular complexity index is 1060. The molecular weight excluding hydrogens is 362 g/mol. The number of carbonyl (C=O) groups is 2. The number of aromatic nitrogens is 2. The van der Waals surface area contributed by atoms with Crippen LogP contribution in [0, 0.1) is 11.8 Å². The normalized spacial score (nSPS) is 11.0. The molecule has 0 aliphatic carbocycles. The SMILES string of the molecule is CCn1c(N)c(C(=O)NC)c(=O)c2ccc(C#CC(C)(C)OCC(N)=O)nc21. The van der Waals surface area contributed by atoms with E-state index in [-0.39, 0.29) is 23.4 Å². The molecule has 0 aromatic carbocycles. The standard InChI is InChI=1S/C19H23N5O4/c1-5-24-16(21)14(18(27)22-4)15(26)12-7-6-11(23-17(12)24)8-9-19(2,3)28-10-13(20)25/h6-7H,5,10,21H2,1-4H3,(H2,20,25)(H,22,27). The van der Waals surface area contributed by atoms with Gasteiger partial charge in [0, 0.05) is 13.6 Å². The van der Waals surface area contributed by atoms with Gasteiger partial charge in [-0.05, 0) is 38.8 Å². The number of hydrogen-bond acceptors (Lipinski definition) is 6. The first-order chi connectivity index (χ1) is 13.1. The Morgan fingerprint density at radius 2 is 2.04 bits per heavy atom. The van der Waals surface area contributed by atoms with Gasteiger partial charge >= 0.3 is 0 Å². The topological polar surface area (TPSA) is 142 Å². The summed E-state index contributed by atoms with van der Waals surface area (Å²) >= 11 is 0. The largest absolute Gasteiger partial charge is 0.384 e. The Hall–Kier alpha value is -3.38. The van der Waals surface area contributed by atoms with Crippen LogP contribution in [0.3, 0.4) is 0 Å². The highest BCUT2D eigenvalue weighted by Crippen LogP contribution is 2.17. The van der Waals surface area contributed by atoms with E-state index in [1.807, 2.05) is 6.92 Å². The lowest BCUT2D eigenvalue weighted by Gasteiger charge is -2.17. The quantitative estimate of drug-likeness (QED) is 0.618. The maximum Gasteiger partial charge on any atom is 0.258 e. The summed E-state index contributed by atoms with van der Waals surface area (Å²) in [6, 6.07) is 3.13. The molecule has 2 heterocycles. The number of amides is 2. The lowest BCUT2D eigenvalue weighted by Crippen LogP contribution is -2.30. The molecule has 0 radical (unpaired) electrons. The fourth-order valence-corrected chi connectivity index (χ4v) is 2.57. The van der Waals surface area contributed by atoms with Crippen molar-refractivity contribution >= 4 is 28.7 Å². The Labute approximate surface area is 162 Å². The van der Waals surface area contributed by atoms with Gasteiger partial charge in [-0.25, -0.2) is 4.98 Å². The molecule has 2 rings (SSSR count). The number of carbonyl (C=O) groups excluding carboxylic acids is 2. The number of hydrogen-bond donors (Lipinski definition) is 3. The molecule has 2 aromatic heterocycles. The van der Waals surface area contributed by atoms with Crippen LogP contribution >= 0.6 is 0 Å². The van der Waals surface area contributed by atoms with Gasteiger partial charge in [0.2, 0.25) is 11.3 Å². The van der Waals surface area contributed by atoms with Crippen LogP contribution < -0.4 is 22.2 Å². The number of aryl methyl sites for hydroxylation is 1. The molecule has 5 N–H and O–H groups in total. The van der Waals surface area contributed by atoms with Gasteiger partial charge in [-0.3, -0.25) is 14.4 Å². The monoisotopic (exact) mass is 385 g/mol. The number of fused-ring (bicyclic) bond motifs is 1. The van der Waals surface area contributed by atoms with Gasteiger partial charge in [0.1, 0.15) is 34.9 Å². The van der Waals surface area contributed by atoms with Crippen molar-refractivity contribution in [3.8, 4) is 11.8 Å². The average molecular weight is 385 g/mol. The number of anilines is 1. The fourth-order valence-electron chi connectivity index (χ4n) is 2.57. The van der Waals surface area contributed by atoms with Crippen molar-refractivity contribution < 1.29 is 14.3 Å². The second-order valence-electron chi connectivity index (χ2n) is 6.50. The van der Waals surface area contributed by atoms with Gasteiger partial charge in [-0.15, -0.1) is 0 Å². The molecule has 0 aliphatic heterocycles. The van der Waals surface area contributed by atoms with E-state index in [1.54, 1.807) is 30.5 Å². The number of nitrogens with one attached hydrogen (secondary N) is 1. The summed E-state index contributed by atoms with van der Waals surface area (Å²) in [6.07, 6.45) is 0. The molecule has 2 amide bonds. The highest BCUT2D eigenvalue weighted by molar-refractivity contribution is 6.01. The number of nitrogen functional groups attached to an aromatic ring is 1. The third kappa shape index (κ3) is 4.29. The summed E-state index contributed by atoms with van der Waals surface area (Å²) in [4.78, 5) is 40.0. The number of nitrogens with zero attached hydrogens (tertiary/aromatic N) is 2. The molecule has 0 aliphatic rings. The van der Waals surface area contributed by atoms with Crippen LogP contribution in [0.5, 0.6) is 0 Å². The van der Waals surface area contributed by atoms with Crippen LogP contribution in [0.15, 0.2) is 16.9 Å². The number of rotatable bonds is 5. The molecule has 0 spiro atoms. The van der Waals surface area contributed by atoms with E-state index in [0.717, 1.165) is 0 Å². The van der Waals surface area contributed by atoms with Crippen molar-refractivity contribution in [2.45, 2.75) is 32.9 Å².